The Morgan fingerprint density at radius 2 is 1.63 bits per heavy atom. The zero-order valence-electron chi connectivity index (χ0n) is 9.09. The molecule has 0 N–H and O–H groups in total. The van der Waals surface area contributed by atoms with Crippen LogP contribution in [0, 0.1) is 5.92 Å². The van der Waals surface area contributed by atoms with Crippen LogP contribution in [0.4, 0.5) is 26.3 Å². The fourth-order valence-corrected chi connectivity index (χ4v) is 2.03. The van der Waals surface area contributed by atoms with Crippen LogP contribution in [0.2, 0.25) is 0 Å². The van der Waals surface area contributed by atoms with Crippen LogP contribution in [-0.4, -0.2) is 31.5 Å². The van der Waals surface area contributed by atoms with Crippen molar-refractivity contribution in [2.75, 3.05) is 0 Å². The first kappa shape index (κ1) is 16.1. The number of carbonyl (C=O) groups excluding carboxylic acids is 1. The first-order chi connectivity index (χ1) is 8.34. The average molecular weight is 314 g/mol. The summed E-state index contributed by atoms with van der Waals surface area (Å²) in [7, 11) is -6.24. The Labute approximate surface area is 103 Å². The summed E-state index contributed by atoms with van der Waals surface area (Å²) in [6.45, 7) is 0. The van der Waals surface area contributed by atoms with Crippen molar-refractivity contribution in [1.29, 1.82) is 0 Å². The number of rotatable bonds is 4. The van der Waals surface area contributed by atoms with E-state index in [-0.39, 0.29) is 12.8 Å². The van der Waals surface area contributed by atoms with E-state index in [1.54, 1.807) is 0 Å². The van der Waals surface area contributed by atoms with E-state index in [9.17, 15) is 39.6 Å². The minimum Gasteiger partial charge on any atom is -0.445 e. The fourth-order valence-electron chi connectivity index (χ4n) is 1.10. The van der Waals surface area contributed by atoms with Crippen molar-refractivity contribution in [1.82, 2.24) is 0 Å². The molecule has 19 heavy (non-hydrogen) atoms. The van der Waals surface area contributed by atoms with Gasteiger partial charge in [0.1, 0.15) is 0 Å². The molecular weight excluding hydrogens is 306 g/mol. The molecule has 1 aliphatic carbocycles. The van der Waals surface area contributed by atoms with E-state index in [0.717, 1.165) is 0 Å². The molecule has 0 heterocycles. The smallest absolute Gasteiger partial charge is 0.445 e. The normalized spacial score (nSPS) is 19.1. The van der Waals surface area contributed by atoms with Gasteiger partial charge >= 0.3 is 17.7 Å². The number of carbonyl (C=O) groups is 1. The van der Waals surface area contributed by atoms with Gasteiger partial charge in [0.25, 0.3) is 9.84 Å². The topological polar surface area (TPSA) is 60.4 Å². The first-order valence-electron chi connectivity index (χ1n) is 4.92. The quantitative estimate of drug-likeness (QED) is 0.589. The molecule has 4 nitrogen and oxygen atoms in total. The monoisotopic (exact) mass is 314 g/mol. The number of esters is 1. The van der Waals surface area contributed by atoms with Crippen LogP contribution in [0.15, 0.2) is 0 Å². The lowest BCUT2D eigenvalue weighted by atomic mass is 10.4. The number of hydrogen-bond acceptors (Lipinski definition) is 4. The fraction of sp³-hybridized carbons (Fsp3) is 0.875. The second kappa shape index (κ2) is 4.84. The van der Waals surface area contributed by atoms with Gasteiger partial charge in [-0.3, -0.25) is 4.79 Å². The SMILES string of the molecule is O=C(OC(CC(F)(F)F)S(=O)(=O)C(F)(F)F)C1CC1. The van der Waals surface area contributed by atoms with Gasteiger partial charge < -0.3 is 4.74 Å². The predicted molar refractivity (Wildman–Crippen MR) is 48.3 cm³/mol. The van der Waals surface area contributed by atoms with Gasteiger partial charge in [0, 0.05) is 0 Å². The van der Waals surface area contributed by atoms with Crippen LogP contribution in [0.1, 0.15) is 19.3 Å². The first-order valence-corrected chi connectivity index (χ1v) is 6.46. The lowest BCUT2D eigenvalue weighted by Gasteiger charge is -2.20. The summed E-state index contributed by atoms with van der Waals surface area (Å²) < 4.78 is 98.4. The van der Waals surface area contributed by atoms with E-state index in [4.69, 9.17) is 0 Å². The Morgan fingerprint density at radius 1 is 1.16 bits per heavy atom. The zero-order chi connectivity index (χ0) is 15.1. The largest absolute Gasteiger partial charge is 0.501 e. The molecule has 11 heteroatoms. The van der Waals surface area contributed by atoms with Gasteiger partial charge in [-0.05, 0) is 12.8 Å². The minimum absolute atomic E-state index is 0.254. The number of halogens is 6. The van der Waals surface area contributed by atoms with Crippen molar-refractivity contribution in [3.05, 3.63) is 0 Å². The number of hydrogen-bond donors (Lipinski definition) is 0. The standard InChI is InChI=1S/C8H8F6O4S/c9-7(10,11)3-5(18-6(15)4-1-2-4)19(16,17)8(12,13)14/h4-5H,1-3H2. The minimum atomic E-state index is -6.24. The molecule has 112 valence electrons. The Hall–Kier alpha value is -1.00. The molecule has 1 unspecified atom stereocenters. The van der Waals surface area contributed by atoms with E-state index in [0.29, 0.717) is 0 Å². The third-order valence-corrected chi connectivity index (χ3v) is 3.83. The van der Waals surface area contributed by atoms with Crippen LogP contribution in [-0.2, 0) is 19.4 Å². The Kier molecular flexibility index (Phi) is 4.09. The van der Waals surface area contributed by atoms with Crippen molar-refractivity contribution in [2.45, 2.75) is 36.4 Å². The van der Waals surface area contributed by atoms with Gasteiger partial charge in [0.15, 0.2) is 0 Å². The maximum Gasteiger partial charge on any atom is 0.501 e. The summed E-state index contributed by atoms with van der Waals surface area (Å²) in [5.74, 6) is -2.18. The van der Waals surface area contributed by atoms with E-state index < -0.39 is 45.3 Å². The summed E-state index contributed by atoms with van der Waals surface area (Å²) >= 11 is 0. The third kappa shape index (κ3) is 4.25. The molecule has 0 aromatic heterocycles. The van der Waals surface area contributed by atoms with E-state index in [2.05, 4.69) is 4.74 Å². The van der Waals surface area contributed by atoms with Crippen LogP contribution < -0.4 is 0 Å². The molecule has 1 aliphatic rings. The maximum absolute atomic E-state index is 12.2. The van der Waals surface area contributed by atoms with E-state index in [1.165, 1.54) is 0 Å². The van der Waals surface area contributed by atoms with Crippen LogP contribution in [0.3, 0.4) is 0 Å². The number of sulfone groups is 1. The summed E-state index contributed by atoms with van der Waals surface area (Å²) in [6, 6.07) is 0. The molecular formula is C8H8F6O4S. The third-order valence-electron chi connectivity index (χ3n) is 2.23. The molecule has 1 fully saturated rings. The highest BCUT2D eigenvalue weighted by Gasteiger charge is 2.56. The molecule has 0 bridgehead atoms. The highest BCUT2D eigenvalue weighted by Crippen LogP contribution is 2.36. The second-order valence-corrected chi connectivity index (χ2v) is 6.03. The molecule has 1 rings (SSSR count). The Bertz CT molecular complexity index is 447. The van der Waals surface area contributed by atoms with E-state index in [1.807, 2.05) is 0 Å². The van der Waals surface area contributed by atoms with Crippen molar-refractivity contribution in [2.24, 2.45) is 5.92 Å². The summed E-state index contributed by atoms with van der Waals surface area (Å²) in [5, 5.41) is 0. The molecule has 0 aliphatic heterocycles. The molecule has 0 radical (unpaired) electrons. The lowest BCUT2D eigenvalue weighted by Crippen LogP contribution is -2.40. The Balaban J connectivity index is 2.94. The molecule has 0 amide bonds. The van der Waals surface area contributed by atoms with Crippen molar-refractivity contribution in [3.8, 4) is 0 Å². The summed E-state index contributed by atoms with van der Waals surface area (Å²) in [5.41, 5.74) is -9.21. The second-order valence-electron chi connectivity index (χ2n) is 3.95. The highest BCUT2D eigenvalue weighted by atomic mass is 32.2. The summed E-state index contributed by atoms with van der Waals surface area (Å²) in [6.07, 6.45) is -7.10. The van der Waals surface area contributed by atoms with Gasteiger partial charge in [-0.15, -0.1) is 0 Å². The molecule has 0 aromatic rings. The van der Waals surface area contributed by atoms with Gasteiger partial charge in [-0.25, -0.2) is 8.42 Å². The van der Waals surface area contributed by atoms with Crippen molar-refractivity contribution in [3.63, 3.8) is 0 Å². The zero-order valence-corrected chi connectivity index (χ0v) is 9.90. The van der Waals surface area contributed by atoms with Crippen LogP contribution >= 0.6 is 0 Å². The number of alkyl halides is 6. The maximum atomic E-state index is 12.2. The van der Waals surface area contributed by atoms with Crippen molar-refractivity contribution >= 4 is 15.8 Å². The van der Waals surface area contributed by atoms with Gasteiger partial charge in [0.2, 0.25) is 5.44 Å². The molecule has 0 aromatic carbocycles. The average Bonchev–Trinajstić information content (AvgIpc) is 2.94. The highest BCUT2D eigenvalue weighted by molar-refractivity contribution is 7.92. The lowest BCUT2D eigenvalue weighted by molar-refractivity contribution is -0.166. The molecule has 0 spiro atoms. The molecule has 1 saturated carbocycles. The van der Waals surface area contributed by atoms with Gasteiger partial charge in [-0.1, -0.05) is 0 Å². The van der Waals surface area contributed by atoms with Gasteiger partial charge in [-0.2, -0.15) is 26.3 Å². The van der Waals surface area contributed by atoms with Crippen molar-refractivity contribution < 1.29 is 44.3 Å². The molecule has 0 saturated heterocycles. The Morgan fingerprint density at radius 3 is 1.95 bits per heavy atom. The van der Waals surface area contributed by atoms with E-state index >= 15 is 0 Å². The van der Waals surface area contributed by atoms with Crippen LogP contribution in [0.25, 0.3) is 0 Å². The predicted octanol–water partition coefficient (Wildman–Crippen LogP) is 2.15. The number of ether oxygens (including phenoxy) is 1. The van der Waals surface area contributed by atoms with Crippen LogP contribution in [0.5, 0.6) is 0 Å². The molecule has 1 atom stereocenters. The van der Waals surface area contributed by atoms with Gasteiger partial charge in [0.05, 0.1) is 12.3 Å². The summed E-state index contributed by atoms with van der Waals surface area (Å²) in [4.78, 5) is 11.1.